The van der Waals surface area contributed by atoms with Crippen molar-refractivity contribution in [2.24, 2.45) is 0 Å². The second-order valence-electron chi connectivity index (χ2n) is 45.7. The number of hydrogen-bond donors (Lipinski definition) is 2. The number of ether oxygens (including phenoxy) is 6. The molecule has 0 aromatic heterocycles. The summed E-state index contributed by atoms with van der Waals surface area (Å²) in [6.45, 7) is 72.9. The van der Waals surface area contributed by atoms with Crippen LogP contribution in [0.2, 0.25) is 19.0 Å². The molecule has 1 unspecified atom stereocenters. The topological polar surface area (TPSA) is 114 Å². The molecule has 0 aliphatic carbocycles. The van der Waals surface area contributed by atoms with Crippen molar-refractivity contribution < 1.29 is 65.5 Å². The fraction of sp³-hybridized carbons (Fsp3) is 0.474. The molecule has 133 heavy (non-hydrogen) atoms. The molecule has 1 atom stereocenters. The monoisotopic (exact) mass is 2070 g/mol. The van der Waals surface area contributed by atoms with Gasteiger partial charge in [0.1, 0.15) is 5.75 Å². The van der Waals surface area contributed by atoms with Crippen LogP contribution in [-0.2, 0) is 46.5 Å². The molecule has 0 saturated carbocycles. The zero-order chi connectivity index (χ0) is 98.9. The Bertz CT molecular complexity index is 5400. The van der Waals surface area contributed by atoms with Crippen LogP contribution in [0, 0.1) is 44.0 Å². The summed E-state index contributed by atoms with van der Waals surface area (Å²) < 4.78 is 112. The summed E-state index contributed by atoms with van der Waals surface area (Å²) in [5, 5.41) is 24.5. The molecule has 0 spiro atoms. The van der Waals surface area contributed by atoms with E-state index in [9.17, 15) is 19.0 Å². The molecule has 2 aliphatic heterocycles. The Morgan fingerprint density at radius 3 is 0.940 bits per heavy atom. The van der Waals surface area contributed by atoms with Gasteiger partial charge in [0.25, 0.3) is 0 Å². The summed E-state index contributed by atoms with van der Waals surface area (Å²) in [6, 6.07) is 50.3. The fourth-order valence-corrected chi connectivity index (χ4v) is 33.1. The first-order chi connectivity index (χ1) is 61.4. The van der Waals surface area contributed by atoms with Crippen molar-refractivity contribution in [1.82, 2.24) is 0 Å². The third-order valence-corrected chi connectivity index (χ3v) is 53.7. The molecule has 12 rings (SSSR count). The summed E-state index contributed by atoms with van der Waals surface area (Å²) >= 11 is 0.719. The number of phenolic OH excluding ortho intramolecular Hbond substituents is 2. The third-order valence-electron chi connectivity index (χ3n) is 27.4. The molecule has 2 saturated heterocycles. The summed E-state index contributed by atoms with van der Waals surface area (Å²) in [5.41, 5.74) is 19.1. The molecule has 10 aromatic rings. The Labute approximate surface area is 817 Å². The summed E-state index contributed by atoms with van der Waals surface area (Å²) in [6.07, 6.45) is 2.79. The van der Waals surface area contributed by atoms with Crippen molar-refractivity contribution in [3.63, 3.8) is 0 Å². The molecule has 2 aliphatic rings. The standard InChI is InChI=1S/C62H78F2GeO4.C32H47BO4.C20H24Br2F2GeO2/c1-37(2)65(38(3)4,35-68-55-21-19-47(63)33-51(55)53-25-39(5)23-49(57(53)66)41-27-43(59(7,8)9)31-44(28-41)60(10,11)12)36-69-56-22-20-48(64)34-52(56)54-26-40(6)24-50(58(54)67)42-29-45(61(13,14)15)32-46(30-42)62(16,17)18;1-21-16-25(22-18-23(29(2,3)4)20-24(19-22)30(5,6)7)28(35-27-14-12-13-15-34-27)26(17-21)33-36-31(8,9)32(10,11)37-33;1-13(2)25(14(3)4,11-26-19-7-5-15(23)9-17(19)21)12-27-20-8-6-16(24)10-18(20)22/h19-34,37-38,66-67H,35-36H2,1-18H3;16-20,27H,12-15H2,1-11H3;5-10,13-14H,11-12H2,1-4H3. The van der Waals surface area contributed by atoms with Crippen molar-refractivity contribution in [2.45, 2.75) is 317 Å². The molecular weight excluding hydrogens is 1920 g/mol. The maximum atomic E-state index is 15.4. The van der Waals surface area contributed by atoms with Gasteiger partial charge in [-0.2, -0.15) is 0 Å². The maximum Gasteiger partial charge on any atom is 0.498 e. The molecule has 0 radical (unpaired) electrons. The molecule has 10 aromatic carbocycles. The van der Waals surface area contributed by atoms with Crippen molar-refractivity contribution in [3.05, 3.63) is 246 Å². The van der Waals surface area contributed by atoms with Crippen LogP contribution in [0.5, 0.6) is 40.2 Å². The van der Waals surface area contributed by atoms with Crippen molar-refractivity contribution in [2.75, 3.05) is 28.4 Å². The number of aromatic hydroxyl groups is 2. The molecule has 2 heterocycles. The van der Waals surface area contributed by atoms with Gasteiger partial charge in [-0.1, -0.05) is 71.4 Å². The average Bonchev–Trinajstić information content (AvgIpc) is 1.61. The summed E-state index contributed by atoms with van der Waals surface area (Å²) in [7, 11) is -0.518. The van der Waals surface area contributed by atoms with Crippen LogP contribution in [0.1, 0.15) is 277 Å². The van der Waals surface area contributed by atoms with E-state index in [4.69, 9.17) is 37.7 Å². The quantitative estimate of drug-likeness (QED) is 0.0448. The van der Waals surface area contributed by atoms with E-state index < -0.39 is 56.5 Å². The molecular formula is C114H149BBr2F4Ge2O10. The van der Waals surface area contributed by atoms with E-state index >= 15 is 8.78 Å². The Morgan fingerprint density at radius 1 is 0.368 bits per heavy atom. The van der Waals surface area contributed by atoms with Crippen LogP contribution in [0.3, 0.4) is 0 Å². The number of halogens is 6. The minimum Gasteiger partial charge on any atom is -0.465 e. The second kappa shape index (κ2) is 42.1. The third kappa shape index (κ3) is 26.1. The first kappa shape index (κ1) is 108. The van der Waals surface area contributed by atoms with Crippen LogP contribution >= 0.6 is 31.9 Å². The van der Waals surface area contributed by atoms with Gasteiger partial charge in [-0.3, -0.25) is 0 Å². The average molecular weight is 2070 g/mol. The van der Waals surface area contributed by atoms with E-state index in [-0.39, 0.29) is 71.4 Å². The molecule has 0 amide bonds. The van der Waals surface area contributed by atoms with E-state index in [1.54, 1.807) is 24.3 Å². The minimum atomic E-state index is -3.33. The molecule has 10 nitrogen and oxygen atoms in total. The number of hydrogen-bond acceptors (Lipinski definition) is 10. The Balaban J connectivity index is 0.000000237. The molecule has 19 heteroatoms. The SMILES string of the molecule is C[CH](C)[Ge]([CH2]Oc1ccc(F)cc1Br)([CH2]Oc1ccc(F)cc1Br)[CH](C)C.Cc1cc(-c2cc(C(C)(C)C)cc(C(C)(C)C)c2)c(O)c(-c2cc(F)ccc2O[CH2][Ge]([CH2]Oc2ccc(F)cc2-c2cc(C)cc(-c3cc(C(C)(C)C)cc(C(C)(C)C)c3)c2O)([CH](C)C)[CH](C)C)c1.Cc1cc(B2OC(C)(C)C(C)(C)O2)c(OC2CCCCO2)c(-c2cc(C(C)(C)C)cc(C(C)(C)C)c2)c1. The minimum absolute atomic E-state index is 0.0158. The van der Waals surface area contributed by atoms with E-state index in [0.29, 0.717) is 96.6 Å². The van der Waals surface area contributed by atoms with Gasteiger partial charge in [0, 0.05) is 17.4 Å². The predicted octanol–water partition coefficient (Wildman–Crippen LogP) is 32.4. The van der Waals surface area contributed by atoms with Crippen molar-refractivity contribution >= 4 is 71.0 Å². The van der Waals surface area contributed by atoms with Gasteiger partial charge >= 0.3 is 605 Å². The van der Waals surface area contributed by atoms with Gasteiger partial charge in [0.2, 0.25) is 0 Å². The largest absolute Gasteiger partial charge is 0.498 e. The van der Waals surface area contributed by atoms with Gasteiger partial charge in [0.05, 0.1) is 17.8 Å². The molecule has 0 bridgehead atoms. The van der Waals surface area contributed by atoms with Gasteiger partial charge in [-0.05, 0) is 81.0 Å². The fourth-order valence-electron chi connectivity index (χ4n) is 17.0. The zero-order valence-corrected chi connectivity index (χ0v) is 93.0. The predicted molar refractivity (Wildman–Crippen MR) is 558 cm³/mol. The first-order valence-corrected chi connectivity index (χ1v) is 59.8. The smallest absolute Gasteiger partial charge is 0.465 e. The number of phenols is 2. The zero-order valence-electron chi connectivity index (χ0n) is 85.6. The van der Waals surface area contributed by atoms with Gasteiger partial charge in [0.15, 0.2) is 6.29 Å². The van der Waals surface area contributed by atoms with E-state index in [1.165, 1.54) is 81.9 Å². The van der Waals surface area contributed by atoms with Crippen LogP contribution in [0.15, 0.2) is 173 Å². The van der Waals surface area contributed by atoms with Crippen LogP contribution in [0.4, 0.5) is 17.6 Å². The van der Waals surface area contributed by atoms with Crippen LogP contribution < -0.4 is 29.1 Å². The number of benzene rings is 10. The van der Waals surface area contributed by atoms with Crippen molar-refractivity contribution in [1.29, 1.82) is 0 Å². The van der Waals surface area contributed by atoms with E-state index in [2.05, 4.69) is 313 Å². The van der Waals surface area contributed by atoms with Gasteiger partial charge in [-0.25, -0.2) is 0 Å². The number of aryl methyl sites for hydroxylation is 3. The molecule has 2 N–H and O–H groups in total. The Kier molecular flexibility index (Phi) is 34.0. The normalized spacial score (nSPS) is 15.2. The summed E-state index contributed by atoms with van der Waals surface area (Å²) in [5.74, 6) is 1.67. The van der Waals surface area contributed by atoms with Crippen LogP contribution in [0.25, 0.3) is 55.6 Å². The van der Waals surface area contributed by atoms with E-state index in [1.807, 2.05) is 38.1 Å². The Morgan fingerprint density at radius 2 is 0.647 bits per heavy atom. The maximum absolute atomic E-state index is 15.4. The molecule has 718 valence electrons. The van der Waals surface area contributed by atoms with Crippen LogP contribution in [-0.4, -0.2) is 89.7 Å². The second-order valence-corrected chi connectivity index (χ2v) is 69.9. The number of rotatable bonds is 24. The van der Waals surface area contributed by atoms with Gasteiger partial charge < -0.3 is 18.8 Å². The summed E-state index contributed by atoms with van der Waals surface area (Å²) in [4.78, 5) is 0. The molecule has 2 fully saturated rings. The Hall–Kier alpha value is -7.49. The van der Waals surface area contributed by atoms with Gasteiger partial charge in [-0.15, -0.1) is 0 Å². The van der Waals surface area contributed by atoms with E-state index in [0.717, 1.165) is 76.0 Å². The van der Waals surface area contributed by atoms with Crippen molar-refractivity contribution in [3.8, 4) is 95.9 Å². The first-order valence-electron chi connectivity index (χ1n) is 47.4.